The number of ether oxygens (including phenoxy) is 1. The van der Waals surface area contributed by atoms with Gasteiger partial charge in [0.05, 0.1) is 5.69 Å². The Morgan fingerprint density at radius 3 is 2.53 bits per heavy atom. The second kappa shape index (κ2) is 12.8. The second-order valence-corrected chi connectivity index (χ2v) is 6.87. The van der Waals surface area contributed by atoms with Crippen molar-refractivity contribution in [1.82, 2.24) is 15.3 Å². The summed E-state index contributed by atoms with van der Waals surface area (Å²) in [5.41, 5.74) is 8.91. The first kappa shape index (κ1) is 24.5. The van der Waals surface area contributed by atoms with E-state index in [1.54, 1.807) is 18.3 Å². The summed E-state index contributed by atoms with van der Waals surface area (Å²) in [5, 5.41) is 10.3. The highest BCUT2D eigenvalue weighted by Gasteiger charge is 2.09. The monoisotopic (exact) mass is 436 g/mol. The van der Waals surface area contributed by atoms with E-state index in [0.717, 1.165) is 23.7 Å². The highest BCUT2D eigenvalue weighted by Crippen LogP contribution is 2.19. The Kier molecular flexibility index (Phi) is 9.80. The van der Waals surface area contributed by atoms with Crippen molar-refractivity contribution in [3.05, 3.63) is 77.7 Å². The lowest BCUT2D eigenvalue weighted by atomic mass is 10.1. The molecule has 1 heterocycles. The molecule has 3 rings (SSSR count). The number of benzene rings is 2. The molecule has 1 aromatic heterocycles. The maximum Gasteiger partial charge on any atom is 0.300 e. The maximum atomic E-state index is 12.4. The molecule has 1 amide bonds. The van der Waals surface area contributed by atoms with Crippen LogP contribution in [0.2, 0.25) is 0 Å². The Morgan fingerprint density at radius 2 is 1.84 bits per heavy atom. The smallest absolute Gasteiger partial charge is 0.300 e. The summed E-state index contributed by atoms with van der Waals surface area (Å²) >= 11 is 0. The van der Waals surface area contributed by atoms with Gasteiger partial charge in [-0.15, -0.1) is 0 Å². The molecule has 0 atom stereocenters. The fourth-order valence-corrected chi connectivity index (χ4v) is 2.74. The molecular formula is C24H28N4O4. The highest BCUT2D eigenvalue weighted by molar-refractivity contribution is 5.94. The van der Waals surface area contributed by atoms with E-state index in [2.05, 4.69) is 15.3 Å². The normalized spacial score (nSPS) is 9.97. The molecule has 3 aromatic rings. The Morgan fingerprint density at radius 1 is 1.12 bits per heavy atom. The standard InChI is InChI=1S/C22H24N4O2.C2H4O2/c1-16-7-8-18(15-20(16)28-14-11-23)22(27)25-13-10-21-24-12-9-19(26-21)17-5-3-2-4-6-17;1-2(3)4/h2-9,12,15H,10-11,13-14,23H2,1H3,(H,25,27);1H3,(H,3,4). The number of aromatic nitrogens is 2. The lowest BCUT2D eigenvalue weighted by molar-refractivity contribution is -0.134. The van der Waals surface area contributed by atoms with Crippen LogP contribution >= 0.6 is 0 Å². The molecule has 0 saturated carbocycles. The molecule has 0 aliphatic carbocycles. The quantitative estimate of drug-likeness (QED) is 0.495. The van der Waals surface area contributed by atoms with Gasteiger partial charge in [-0.1, -0.05) is 36.4 Å². The van der Waals surface area contributed by atoms with Crippen molar-refractivity contribution in [2.45, 2.75) is 20.3 Å². The Hall–Kier alpha value is -3.78. The summed E-state index contributed by atoms with van der Waals surface area (Å²) in [6, 6.07) is 17.2. The van der Waals surface area contributed by atoms with Gasteiger partial charge < -0.3 is 20.9 Å². The maximum absolute atomic E-state index is 12.4. The van der Waals surface area contributed by atoms with E-state index < -0.39 is 5.97 Å². The van der Waals surface area contributed by atoms with Crippen molar-refractivity contribution >= 4 is 11.9 Å². The number of aryl methyl sites for hydroxylation is 1. The third kappa shape index (κ3) is 8.16. The average Bonchev–Trinajstić information content (AvgIpc) is 2.79. The molecule has 0 aliphatic heterocycles. The van der Waals surface area contributed by atoms with Crippen LogP contribution in [0.1, 0.15) is 28.7 Å². The zero-order chi connectivity index (χ0) is 23.3. The van der Waals surface area contributed by atoms with Crippen molar-refractivity contribution in [1.29, 1.82) is 0 Å². The van der Waals surface area contributed by atoms with Gasteiger partial charge in [0.15, 0.2) is 0 Å². The summed E-state index contributed by atoms with van der Waals surface area (Å²) in [6.07, 6.45) is 2.29. The van der Waals surface area contributed by atoms with Crippen LogP contribution in [0.15, 0.2) is 60.8 Å². The minimum absolute atomic E-state index is 0.156. The van der Waals surface area contributed by atoms with E-state index in [9.17, 15) is 4.79 Å². The van der Waals surface area contributed by atoms with Crippen LogP contribution in [0, 0.1) is 6.92 Å². The number of carbonyl (C=O) groups is 2. The summed E-state index contributed by atoms with van der Waals surface area (Å²) in [5.74, 6) is 0.381. The van der Waals surface area contributed by atoms with Gasteiger partial charge in [-0.3, -0.25) is 9.59 Å². The van der Waals surface area contributed by atoms with Crippen molar-refractivity contribution in [3.8, 4) is 17.0 Å². The van der Waals surface area contributed by atoms with Gasteiger partial charge in [-0.25, -0.2) is 9.97 Å². The van der Waals surface area contributed by atoms with Crippen molar-refractivity contribution < 1.29 is 19.4 Å². The molecule has 168 valence electrons. The first-order valence-electron chi connectivity index (χ1n) is 10.2. The molecule has 0 aliphatic rings. The van der Waals surface area contributed by atoms with E-state index >= 15 is 0 Å². The van der Waals surface area contributed by atoms with Gasteiger partial charge in [0, 0.05) is 43.8 Å². The molecule has 8 heteroatoms. The van der Waals surface area contributed by atoms with Gasteiger partial charge in [-0.05, 0) is 30.7 Å². The summed E-state index contributed by atoms with van der Waals surface area (Å²) in [7, 11) is 0. The number of hydrogen-bond acceptors (Lipinski definition) is 6. The number of nitrogens with one attached hydrogen (secondary N) is 1. The van der Waals surface area contributed by atoms with E-state index in [4.69, 9.17) is 20.4 Å². The lowest BCUT2D eigenvalue weighted by Crippen LogP contribution is -2.26. The number of rotatable bonds is 8. The Balaban J connectivity index is 0.000000837. The van der Waals surface area contributed by atoms with Crippen molar-refractivity contribution in [2.75, 3.05) is 19.7 Å². The SMILES string of the molecule is CC(=O)O.Cc1ccc(C(=O)NCCc2nccc(-c3ccccc3)n2)cc1OCCN. The van der Waals surface area contributed by atoms with E-state index in [0.29, 0.717) is 43.3 Å². The number of aliphatic carboxylic acids is 1. The van der Waals surface area contributed by atoms with Gasteiger partial charge in [-0.2, -0.15) is 0 Å². The van der Waals surface area contributed by atoms with Crippen LogP contribution in [0.3, 0.4) is 0 Å². The first-order chi connectivity index (χ1) is 15.4. The zero-order valence-corrected chi connectivity index (χ0v) is 18.2. The largest absolute Gasteiger partial charge is 0.492 e. The number of carboxylic acids is 1. The van der Waals surface area contributed by atoms with Crippen LogP contribution in [0.4, 0.5) is 0 Å². The molecule has 32 heavy (non-hydrogen) atoms. The third-order valence-electron chi connectivity index (χ3n) is 4.23. The van der Waals surface area contributed by atoms with Gasteiger partial charge in [0.1, 0.15) is 18.2 Å². The van der Waals surface area contributed by atoms with Crippen LogP contribution in [-0.2, 0) is 11.2 Å². The molecule has 8 nitrogen and oxygen atoms in total. The van der Waals surface area contributed by atoms with Gasteiger partial charge >= 0.3 is 0 Å². The van der Waals surface area contributed by atoms with Crippen molar-refractivity contribution in [2.24, 2.45) is 5.73 Å². The fraction of sp³-hybridized carbons (Fsp3) is 0.250. The van der Waals surface area contributed by atoms with Gasteiger partial charge in [0.2, 0.25) is 0 Å². The molecule has 2 aromatic carbocycles. The summed E-state index contributed by atoms with van der Waals surface area (Å²) in [4.78, 5) is 30.3. The predicted molar refractivity (Wildman–Crippen MR) is 123 cm³/mol. The molecule has 4 N–H and O–H groups in total. The van der Waals surface area contributed by atoms with Crippen LogP contribution < -0.4 is 15.8 Å². The van der Waals surface area contributed by atoms with E-state index in [-0.39, 0.29) is 5.91 Å². The molecule has 0 saturated heterocycles. The van der Waals surface area contributed by atoms with Crippen molar-refractivity contribution in [3.63, 3.8) is 0 Å². The van der Waals surface area contributed by atoms with Crippen LogP contribution in [0.25, 0.3) is 11.3 Å². The summed E-state index contributed by atoms with van der Waals surface area (Å²) < 4.78 is 5.58. The number of hydrogen-bond donors (Lipinski definition) is 3. The fourth-order valence-electron chi connectivity index (χ4n) is 2.74. The Labute approximate surface area is 187 Å². The Bertz CT molecular complexity index is 1020. The number of amides is 1. The predicted octanol–water partition coefficient (Wildman–Crippen LogP) is 2.85. The molecular weight excluding hydrogens is 408 g/mol. The van der Waals surface area contributed by atoms with Gasteiger partial charge in [0.25, 0.3) is 11.9 Å². The number of carboxylic acid groups (broad SMARTS) is 1. The molecule has 0 bridgehead atoms. The molecule has 0 radical (unpaired) electrons. The topological polar surface area (TPSA) is 127 Å². The third-order valence-corrected chi connectivity index (χ3v) is 4.23. The minimum Gasteiger partial charge on any atom is -0.492 e. The average molecular weight is 437 g/mol. The number of carbonyl (C=O) groups excluding carboxylic acids is 1. The molecule has 0 unspecified atom stereocenters. The summed E-state index contributed by atoms with van der Waals surface area (Å²) in [6.45, 7) is 4.31. The zero-order valence-electron chi connectivity index (χ0n) is 18.2. The van der Waals surface area contributed by atoms with E-state index in [1.165, 1.54) is 0 Å². The molecule has 0 fully saturated rings. The van der Waals surface area contributed by atoms with E-state index in [1.807, 2.05) is 49.4 Å². The number of nitrogens with two attached hydrogens (primary N) is 1. The lowest BCUT2D eigenvalue weighted by Gasteiger charge is -2.10. The number of nitrogens with zero attached hydrogens (tertiary/aromatic N) is 2. The minimum atomic E-state index is -0.833. The van der Waals surface area contributed by atoms with Crippen LogP contribution in [0.5, 0.6) is 5.75 Å². The first-order valence-corrected chi connectivity index (χ1v) is 10.2. The molecule has 0 spiro atoms. The second-order valence-electron chi connectivity index (χ2n) is 6.87. The van der Waals surface area contributed by atoms with Crippen LogP contribution in [-0.4, -0.2) is 46.6 Å². The highest BCUT2D eigenvalue weighted by atomic mass is 16.5.